The number of thiophene rings is 1. The number of nitrogens with one attached hydrogen (secondary N) is 1. The lowest BCUT2D eigenvalue weighted by Crippen LogP contribution is -2.12. The molecule has 140 valence electrons. The number of fused-ring (bicyclic) bond motifs is 3. The number of amides is 1. The van der Waals surface area contributed by atoms with Gasteiger partial charge in [0.2, 0.25) is 0 Å². The first kappa shape index (κ1) is 17.0. The van der Waals surface area contributed by atoms with E-state index in [9.17, 15) is 4.79 Å². The number of furan rings is 1. The molecule has 0 bridgehead atoms. The van der Waals surface area contributed by atoms with Gasteiger partial charge in [-0.05, 0) is 61.1 Å². The first-order valence-corrected chi connectivity index (χ1v) is 10.2. The second-order valence-corrected chi connectivity index (χ2v) is 7.95. The molecule has 28 heavy (non-hydrogen) atoms. The average molecular weight is 389 g/mol. The van der Waals surface area contributed by atoms with Gasteiger partial charge in [-0.15, -0.1) is 11.3 Å². The van der Waals surface area contributed by atoms with Crippen molar-refractivity contribution in [1.29, 1.82) is 0 Å². The normalized spacial score (nSPS) is 13.4. The van der Waals surface area contributed by atoms with Gasteiger partial charge in [0.15, 0.2) is 5.76 Å². The molecule has 4 aromatic rings. The van der Waals surface area contributed by atoms with Crippen LogP contribution in [0.5, 0.6) is 0 Å². The van der Waals surface area contributed by atoms with Crippen molar-refractivity contribution < 1.29 is 9.21 Å². The maximum atomic E-state index is 12.9. The van der Waals surface area contributed by atoms with Crippen LogP contribution >= 0.6 is 11.3 Å². The number of nitrogen functional groups attached to an aromatic ring is 1. The number of hydrogen-bond acceptors (Lipinski definition) is 5. The van der Waals surface area contributed by atoms with E-state index in [0.29, 0.717) is 10.6 Å². The molecule has 5 rings (SSSR count). The molecule has 0 saturated heterocycles. The molecule has 1 amide bonds. The van der Waals surface area contributed by atoms with Crippen molar-refractivity contribution in [2.75, 3.05) is 11.1 Å². The van der Waals surface area contributed by atoms with Gasteiger partial charge in [0.05, 0.1) is 12.0 Å². The van der Waals surface area contributed by atoms with Crippen LogP contribution in [0.15, 0.2) is 53.1 Å². The van der Waals surface area contributed by atoms with Crippen molar-refractivity contribution in [3.63, 3.8) is 0 Å². The summed E-state index contributed by atoms with van der Waals surface area (Å²) in [5.41, 5.74) is 11.0. The molecule has 0 atom stereocenters. The fourth-order valence-electron chi connectivity index (χ4n) is 3.91. The lowest BCUT2D eigenvalue weighted by atomic mass is 9.88. The molecule has 0 radical (unpaired) electrons. The summed E-state index contributed by atoms with van der Waals surface area (Å²) in [4.78, 5) is 19.0. The van der Waals surface area contributed by atoms with E-state index in [0.717, 1.165) is 53.0 Å². The molecule has 0 unspecified atom stereocenters. The van der Waals surface area contributed by atoms with Crippen molar-refractivity contribution in [3.05, 3.63) is 64.7 Å². The zero-order valence-electron chi connectivity index (χ0n) is 15.2. The van der Waals surface area contributed by atoms with Crippen molar-refractivity contribution in [2.24, 2.45) is 0 Å². The van der Waals surface area contributed by atoms with Crippen molar-refractivity contribution in [2.45, 2.75) is 25.7 Å². The fourth-order valence-corrected chi connectivity index (χ4v) is 4.93. The van der Waals surface area contributed by atoms with Gasteiger partial charge in [-0.1, -0.05) is 18.2 Å². The molecule has 1 aromatic carbocycles. The van der Waals surface area contributed by atoms with Crippen molar-refractivity contribution in [1.82, 2.24) is 4.98 Å². The minimum absolute atomic E-state index is 0.198. The first-order valence-electron chi connectivity index (χ1n) is 9.36. The van der Waals surface area contributed by atoms with Gasteiger partial charge in [0.1, 0.15) is 15.4 Å². The van der Waals surface area contributed by atoms with Crippen LogP contribution in [-0.4, -0.2) is 10.9 Å². The van der Waals surface area contributed by atoms with E-state index in [1.54, 1.807) is 6.26 Å². The summed E-state index contributed by atoms with van der Waals surface area (Å²) < 4.78 is 5.63. The summed E-state index contributed by atoms with van der Waals surface area (Å²) >= 11 is 1.35. The van der Waals surface area contributed by atoms with Gasteiger partial charge >= 0.3 is 0 Å². The summed E-state index contributed by atoms with van der Waals surface area (Å²) in [5, 5.41) is 3.87. The molecule has 1 aliphatic carbocycles. The van der Waals surface area contributed by atoms with Gasteiger partial charge in [-0.25, -0.2) is 4.98 Å². The van der Waals surface area contributed by atoms with Gasteiger partial charge in [0.25, 0.3) is 5.91 Å². The number of para-hydroxylation sites is 1. The highest BCUT2D eigenvalue weighted by Gasteiger charge is 2.26. The maximum Gasteiger partial charge on any atom is 0.267 e. The van der Waals surface area contributed by atoms with Gasteiger partial charge in [-0.3, -0.25) is 4.79 Å². The summed E-state index contributed by atoms with van der Waals surface area (Å²) in [5.74, 6) is 0.568. The highest BCUT2D eigenvalue weighted by molar-refractivity contribution is 7.21. The minimum Gasteiger partial charge on any atom is -0.463 e. The Morgan fingerprint density at radius 3 is 2.61 bits per heavy atom. The standard InChI is InChI=1S/C22H19N3O2S/c23-18-17-14-9-4-5-10-15(14)19(16-11-6-12-27-16)25-22(17)28-20(18)21(26)24-13-7-2-1-3-8-13/h1-3,6-8,11-12H,4-5,9-10,23H2,(H,24,26). The van der Waals surface area contributed by atoms with E-state index in [-0.39, 0.29) is 5.91 Å². The first-order chi connectivity index (χ1) is 13.7. The van der Waals surface area contributed by atoms with Crippen LogP contribution in [0.2, 0.25) is 0 Å². The Bertz CT molecular complexity index is 1160. The molecule has 3 heterocycles. The summed E-state index contributed by atoms with van der Waals surface area (Å²) in [6.45, 7) is 0. The summed E-state index contributed by atoms with van der Waals surface area (Å²) in [6.07, 6.45) is 5.81. The van der Waals surface area contributed by atoms with E-state index in [1.807, 2.05) is 42.5 Å². The number of aryl methyl sites for hydroxylation is 1. The van der Waals surface area contributed by atoms with Crippen LogP contribution in [0, 0.1) is 0 Å². The second-order valence-electron chi connectivity index (χ2n) is 6.95. The van der Waals surface area contributed by atoms with Crippen molar-refractivity contribution >= 4 is 38.8 Å². The largest absolute Gasteiger partial charge is 0.463 e. The van der Waals surface area contributed by atoms with Crippen LogP contribution in [-0.2, 0) is 12.8 Å². The Balaban J connectivity index is 1.65. The number of hydrogen-bond donors (Lipinski definition) is 2. The summed E-state index contributed by atoms with van der Waals surface area (Å²) in [6, 6.07) is 13.2. The smallest absolute Gasteiger partial charge is 0.267 e. The highest BCUT2D eigenvalue weighted by Crippen LogP contribution is 2.42. The van der Waals surface area contributed by atoms with Gasteiger partial charge < -0.3 is 15.5 Å². The molecule has 0 saturated carbocycles. The third kappa shape index (κ3) is 2.77. The Kier molecular flexibility index (Phi) is 4.13. The Labute approximate surface area is 166 Å². The van der Waals surface area contributed by atoms with Crippen LogP contribution in [0.1, 0.15) is 33.6 Å². The third-order valence-corrected chi connectivity index (χ3v) is 6.29. The monoisotopic (exact) mass is 389 g/mol. The Morgan fingerprint density at radius 2 is 1.86 bits per heavy atom. The number of anilines is 2. The molecule has 6 heteroatoms. The predicted molar refractivity (Wildman–Crippen MR) is 113 cm³/mol. The topological polar surface area (TPSA) is 81.2 Å². The highest BCUT2D eigenvalue weighted by atomic mass is 32.1. The van der Waals surface area contributed by atoms with E-state index in [2.05, 4.69) is 5.32 Å². The van der Waals surface area contributed by atoms with E-state index in [1.165, 1.54) is 22.5 Å². The number of carbonyl (C=O) groups is 1. The van der Waals surface area contributed by atoms with Crippen LogP contribution in [0.4, 0.5) is 11.4 Å². The molecule has 3 aromatic heterocycles. The second kappa shape index (κ2) is 6.80. The SMILES string of the molecule is Nc1c(C(=O)Nc2ccccc2)sc2nc(-c3ccco3)c3c(c12)CCCC3. The van der Waals surface area contributed by atoms with Crippen LogP contribution < -0.4 is 11.1 Å². The number of carbonyl (C=O) groups excluding carboxylic acids is 1. The molecular formula is C22H19N3O2S. The number of aromatic nitrogens is 1. The third-order valence-electron chi connectivity index (χ3n) is 5.19. The van der Waals surface area contributed by atoms with Gasteiger partial charge in [-0.2, -0.15) is 0 Å². The predicted octanol–water partition coefficient (Wildman–Crippen LogP) is 5.27. The zero-order valence-corrected chi connectivity index (χ0v) is 16.0. The molecule has 0 aliphatic heterocycles. The van der Waals surface area contributed by atoms with E-state index >= 15 is 0 Å². The van der Waals surface area contributed by atoms with Crippen molar-refractivity contribution in [3.8, 4) is 11.5 Å². The Morgan fingerprint density at radius 1 is 1.07 bits per heavy atom. The molecule has 5 nitrogen and oxygen atoms in total. The fraction of sp³-hybridized carbons (Fsp3) is 0.182. The number of nitrogens with zero attached hydrogens (tertiary/aromatic N) is 1. The molecule has 0 fully saturated rings. The molecule has 1 aliphatic rings. The number of nitrogens with two attached hydrogens (primary N) is 1. The molecule has 3 N–H and O–H groups in total. The minimum atomic E-state index is -0.198. The number of pyridine rings is 1. The lowest BCUT2D eigenvalue weighted by molar-refractivity contribution is 0.103. The van der Waals surface area contributed by atoms with E-state index < -0.39 is 0 Å². The molecule has 0 spiro atoms. The number of rotatable bonds is 3. The van der Waals surface area contributed by atoms with Crippen LogP contribution in [0.3, 0.4) is 0 Å². The molecular weight excluding hydrogens is 370 g/mol. The average Bonchev–Trinajstić information content (AvgIpc) is 3.36. The van der Waals surface area contributed by atoms with Crippen LogP contribution in [0.25, 0.3) is 21.7 Å². The number of benzene rings is 1. The Hall–Kier alpha value is -3.12. The van der Waals surface area contributed by atoms with E-state index in [4.69, 9.17) is 15.1 Å². The zero-order chi connectivity index (χ0) is 19.1. The summed E-state index contributed by atoms with van der Waals surface area (Å²) in [7, 11) is 0. The quantitative estimate of drug-likeness (QED) is 0.500. The maximum absolute atomic E-state index is 12.9. The van der Waals surface area contributed by atoms with Gasteiger partial charge in [0, 0.05) is 11.1 Å². The lowest BCUT2D eigenvalue weighted by Gasteiger charge is -2.19.